The molecule has 1 unspecified atom stereocenters. The zero-order valence-corrected chi connectivity index (χ0v) is 10.3. The van der Waals surface area contributed by atoms with E-state index < -0.39 is 5.92 Å². The number of aryl methyl sites for hydroxylation is 1. The maximum absolute atomic E-state index is 12.3. The van der Waals surface area contributed by atoms with Gasteiger partial charge in [-0.15, -0.1) is 0 Å². The summed E-state index contributed by atoms with van der Waals surface area (Å²) in [5.41, 5.74) is 2.61. The first-order chi connectivity index (χ1) is 8.72. The fourth-order valence-corrected chi connectivity index (χ4v) is 1.94. The lowest BCUT2D eigenvalue weighted by molar-refractivity contribution is 0.0922. The number of aliphatic hydroxyl groups excluding tert-OH is 1. The fraction of sp³-hybridized carbons (Fsp3) is 0.188. The number of hydrogen-bond donors (Lipinski definition) is 1. The van der Waals surface area contributed by atoms with E-state index in [0.29, 0.717) is 5.56 Å². The Morgan fingerprint density at radius 2 is 1.67 bits per heavy atom. The average molecular weight is 240 g/mol. The van der Waals surface area contributed by atoms with Crippen LogP contribution in [0.1, 0.15) is 27.4 Å². The van der Waals surface area contributed by atoms with Crippen molar-refractivity contribution >= 4 is 5.78 Å². The van der Waals surface area contributed by atoms with Gasteiger partial charge in [-0.05, 0) is 12.5 Å². The number of ketones is 1. The normalized spacial score (nSPS) is 12.1. The number of hydrogen-bond acceptors (Lipinski definition) is 2. The van der Waals surface area contributed by atoms with Gasteiger partial charge in [-0.3, -0.25) is 4.79 Å². The minimum absolute atomic E-state index is 0.0382. The van der Waals surface area contributed by atoms with E-state index in [1.165, 1.54) is 0 Å². The summed E-state index contributed by atoms with van der Waals surface area (Å²) < 4.78 is 0. The van der Waals surface area contributed by atoms with Gasteiger partial charge >= 0.3 is 0 Å². The third-order valence-corrected chi connectivity index (χ3v) is 3.04. The van der Waals surface area contributed by atoms with Crippen molar-refractivity contribution in [2.24, 2.45) is 0 Å². The first kappa shape index (κ1) is 12.5. The highest BCUT2D eigenvalue weighted by atomic mass is 16.3. The highest BCUT2D eigenvalue weighted by Gasteiger charge is 2.20. The maximum atomic E-state index is 12.3. The van der Waals surface area contributed by atoms with Gasteiger partial charge in [0.05, 0.1) is 12.5 Å². The molecule has 0 saturated carbocycles. The molecule has 0 spiro atoms. The molecule has 0 aliphatic rings. The molecule has 0 bridgehead atoms. The molecule has 92 valence electrons. The van der Waals surface area contributed by atoms with Crippen molar-refractivity contribution in [3.8, 4) is 0 Å². The molecule has 0 aliphatic heterocycles. The third kappa shape index (κ3) is 2.66. The molecular formula is C16H16O2. The largest absolute Gasteiger partial charge is 0.395 e. The number of carbonyl (C=O) groups is 1. The number of rotatable bonds is 4. The van der Waals surface area contributed by atoms with Crippen LogP contribution in [0.25, 0.3) is 0 Å². The van der Waals surface area contributed by atoms with Crippen molar-refractivity contribution < 1.29 is 9.90 Å². The molecular weight excluding hydrogens is 224 g/mol. The van der Waals surface area contributed by atoms with E-state index in [4.69, 9.17) is 0 Å². The van der Waals surface area contributed by atoms with E-state index in [-0.39, 0.29) is 12.4 Å². The Bertz CT molecular complexity index is 515. The second kappa shape index (κ2) is 5.61. The molecule has 2 rings (SSSR count). The molecule has 0 fully saturated rings. The Labute approximate surface area is 107 Å². The molecule has 2 aromatic carbocycles. The van der Waals surface area contributed by atoms with Crippen LogP contribution in [0.5, 0.6) is 0 Å². The summed E-state index contributed by atoms with van der Waals surface area (Å²) in [6.45, 7) is 1.81. The topological polar surface area (TPSA) is 37.3 Å². The molecule has 2 aromatic rings. The monoisotopic (exact) mass is 240 g/mol. The minimum atomic E-state index is -0.478. The van der Waals surface area contributed by atoms with E-state index in [1.807, 2.05) is 61.5 Å². The summed E-state index contributed by atoms with van der Waals surface area (Å²) in [5, 5.41) is 9.44. The summed E-state index contributed by atoms with van der Waals surface area (Å²) in [6.07, 6.45) is 0. The predicted octanol–water partition coefficient (Wildman–Crippen LogP) is 2.95. The van der Waals surface area contributed by atoms with E-state index in [2.05, 4.69) is 0 Å². The van der Waals surface area contributed by atoms with Crippen LogP contribution >= 0.6 is 0 Å². The van der Waals surface area contributed by atoms with Crippen LogP contribution in [-0.2, 0) is 0 Å². The van der Waals surface area contributed by atoms with E-state index in [0.717, 1.165) is 11.1 Å². The zero-order chi connectivity index (χ0) is 13.0. The number of aliphatic hydroxyl groups is 1. The number of Topliss-reactive ketones (excluding diaryl/α,β-unsaturated/α-hetero) is 1. The van der Waals surface area contributed by atoms with Crippen molar-refractivity contribution in [1.82, 2.24) is 0 Å². The SMILES string of the molecule is Cc1ccc(C(=O)C(CO)c2ccccc2)cc1. The summed E-state index contributed by atoms with van der Waals surface area (Å²) >= 11 is 0. The molecule has 0 heterocycles. The quantitative estimate of drug-likeness (QED) is 0.834. The Hall–Kier alpha value is -1.93. The van der Waals surface area contributed by atoms with Gasteiger partial charge in [0.25, 0.3) is 0 Å². The summed E-state index contributed by atoms with van der Waals surface area (Å²) in [6, 6.07) is 16.8. The molecule has 1 atom stereocenters. The first-order valence-corrected chi connectivity index (χ1v) is 5.99. The minimum Gasteiger partial charge on any atom is -0.395 e. The fourth-order valence-electron chi connectivity index (χ4n) is 1.94. The maximum Gasteiger partial charge on any atom is 0.172 e. The summed E-state index contributed by atoms with van der Waals surface area (Å²) in [7, 11) is 0. The van der Waals surface area contributed by atoms with Crippen molar-refractivity contribution in [2.75, 3.05) is 6.61 Å². The summed E-state index contributed by atoms with van der Waals surface area (Å²) in [5.74, 6) is -0.516. The van der Waals surface area contributed by atoms with Gasteiger partial charge in [-0.1, -0.05) is 60.2 Å². The number of benzene rings is 2. The lowest BCUT2D eigenvalue weighted by Crippen LogP contribution is -2.16. The second-order valence-corrected chi connectivity index (χ2v) is 4.38. The zero-order valence-electron chi connectivity index (χ0n) is 10.3. The molecule has 0 saturated heterocycles. The van der Waals surface area contributed by atoms with Gasteiger partial charge in [-0.2, -0.15) is 0 Å². The molecule has 0 amide bonds. The highest BCUT2D eigenvalue weighted by molar-refractivity contribution is 6.01. The molecule has 18 heavy (non-hydrogen) atoms. The Morgan fingerprint density at radius 1 is 1.06 bits per heavy atom. The van der Waals surface area contributed by atoms with Gasteiger partial charge in [-0.25, -0.2) is 0 Å². The van der Waals surface area contributed by atoms with Gasteiger partial charge in [0, 0.05) is 5.56 Å². The molecule has 0 aromatic heterocycles. The van der Waals surface area contributed by atoms with Crippen molar-refractivity contribution in [3.63, 3.8) is 0 Å². The highest BCUT2D eigenvalue weighted by Crippen LogP contribution is 2.20. The van der Waals surface area contributed by atoms with Crippen LogP contribution in [0, 0.1) is 6.92 Å². The van der Waals surface area contributed by atoms with Gasteiger partial charge in [0.1, 0.15) is 0 Å². The van der Waals surface area contributed by atoms with Crippen molar-refractivity contribution in [3.05, 3.63) is 71.3 Å². The van der Waals surface area contributed by atoms with Crippen LogP contribution in [0.2, 0.25) is 0 Å². The lowest BCUT2D eigenvalue weighted by Gasteiger charge is -2.13. The van der Waals surface area contributed by atoms with Crippen LogP contribution in [-0.4, -0.2) is 17.5 Å². The molecule has 2 nitrogen and oxygen atoms in total. The number of carbonyl (C=O) groups excluding carboxylic acids is 1. The van der Waals surface area contributed by atoms with Crippen molar-refractivity contribution in [2.45, 2.75) is 12.8 Å². The van der Waals surface area contributed by atoms with E-state index in [1.54, 1.807) is 0 Å². The Kier molecular flexibility index (Phi) is 3.90. The van der Waals surface area contributed by atoms with Crippen LogP contribution in [0.4, 0.5) is 0 Å². The lowest BCUT2D eigenvalue weighted by atomic mass is 9.91. The molecule has 0 radical (unpaired) electrons. The van der Waals surface area contributed by atoms with Gasteiger partial charge in [0.15, 0.2) is 5.78 Å². The predicted molar refractivity (Wildman–Crippen MR) is 71.8 cm³/mol. The van der Waals surface area contributed by atoms with Crippen LogP contribution in [0.15, 0.2) is 54.6 Å². The van der Waals surface area contributed by atoms with Gasteiger partial charge < -0.3 is 5.11 Å². The third-order valence-electron chi connectivity index (χ3n) is 3.04. The van der Waals surface area contributed by atoms with E-state index >= 15 is 0 Å². The molecule has 2 heteroatoms. The van der Waals surface area contributed by atoms with Gasteiger partial charge in [0.2, 0.25) is 0 Å². The smallest absolute Gasteiger partial charge is 0.172 e. The first-order valence-electron chi connectivity index (χ1n) is 5.99. The molecule has 0 aliphatic carbocycles. The Balaban J connectivity index is 2.28. The summed E-state index contributed by atoms with van der Waals surface area (Å²) in [4.78, 5) is 12.3. The van der Waals surface area contributed by atoms with E-state index in [9.17, 15) is 9.90 Å². The van der Waals surface area contributed by atoms with Crippen LogP contribution < -0.4 is 0 Å². The standard InChI is InChI=1S/C16H16O2/c1-12-7-9-14(10-8-12)16(18)15(11-17)13-5-3-2-4-6-13/h2-10,15,17H,11H2,1H3. The Morgan fingerprint density at radius 3 is 2.22 bits per heavy atom. The second-order valence-electron chi connectivity index (χ2n) is 4.38. The van der Waals surface area contributed by atoms with Crippen molar-refractivity contribution in [1.29, 1.82) is 0 Å². The van der Waals surface area contributed by atoms with Crippen LogP contribution in [0.3, 0.4) is 0 Å². The molecule has 1 N–H and O–H groups in total. The average Bonchev–Trinajstić information content (AvgIpc) is 2.41.